The molecule has 0 spiro atoms. The number of nitrogens with zero attached hydrogens (tertiary/aromatic N) is 2. The number of ether oxygens (including phenoxy) is 1. The van der Waals surface area contributed by atoms with Gasteiger partial charge in [0.1, 0.15) is 17.6 Å². The first kappa shape index (κ1) is 14.2. The third kappa shape index (κ3) is 3.20. The molecule has 0 atom stereocenters. The highest BCUT2D eigenvalue weighted by atomic mass is 19.3. The number of halogens is 3. The predicted octanol–water partition coefficient (Wildman–Crippen LogP) is 2.93. The Labute approximate surface area is 113 Å². The Morgan fingerprint density at radius 2 is 2.20 bits per heavy atom. The number of rotatable bonds is 1. The molecule has 20 heavy (non-hydrogen) atoms. The second-order valence-electron chi connectivity index (χ2n) is 4.50. The Bertz CT molecular complexity index is 569. The van der Waals surface area contributed by atoms with E-state index in [4.69, 9.17) is 10.00 Å². The van der Waals surface area contributed by atoms with Gasteiger partial charge in [-0.25, -0.2) is 18.0 Å². The minimum atomic E-state index is -2.92. The zero-order chi connectivity index (χ0) is 14.8. The average molecular weight is 284 g/mol. The van der Waals surface area contributed by atoms with Gasteiger partial charge in [0.2, 0.25) is 0 Å². The van der Waals surface area contributed by atoms with Gasteiger partial charge in [0.15, 0.2) is 0 Å². The van der Waals surface area contributed by atoms with Crippen LogP contribution >= 0.6 is 0 Å². The fraction of sp³-hybridized carbons (Fsp3) is 0.385. The number of hydrogen-bond donors (Lipinski definition) is 0. The van der Waals surface area contributed by atoms with E-state index in [1.165, 1.54) is 6.07 Å². The maximum absolute atomic E-state index is 13.3. The fourth-order valence-corrected chi connectivity index (χ4v) is 1.94. The number of likely N-dealkylation sites (tertiary alicyclic amines) is 1. The maximum atomic E-state index is 13.3. The SMILES string of the molecule is N#Cc1ccc(OC(=O)N2CCCC(F)(F)C2)cc1F. The van der Waals surface area contributed by atoms with Crippen LogP contribution in [0.3, 0.4) is 0 Å². The van der Waals surface area contributed by atoms with Crippen LogP contribution in [-0.2, 0) is 0 Å². The summed E-state index contributed by atoms with van der Waals surface area (Å²) in [5, 5.41) is 8.56. The molecule has 0 saturated carbocycles. The van der Waals surface area contributed by atoms with Gasteiger partial charge in [0.25, 0.3) is 5.92 Å². The van der Waals surface area contributed by atoms with Crippen molar-refractivity contribution in [3.05, 3.63) is 29.6 Å². The first-order valence-electron chi connectivity index (χ1n) is 5.95. The molecule has 1 aliphatic heterocycles. The number of alkyl halides is 2. The summed E-state index contributed by atoms with van der Waals surface area (Å²) in [6.45, 7) is -0.530. The van der Waals surface area contributed by atoms with E-state index in [0.717, 1.165) is 17.0 Å². The van der Waals surface area contributed by atoms with E-state index in [9.17, 15) is 18.0 Å². The van der Waals surface area contributed by atoms with Crippen molar-refractivity contribution in [2.75, 3.05) is 13.1 Å². The van der Waals surface area contributed by atoms with Gasteiger partial charge in [-0.3, -0.25) is 0 Å². The molecule has 0 aromatic heterocycles. The fourth-order valence-electron chi connectivity index (χ4n) is 1.94. The van der Waals surface area contributed by atoms with Crippen LogP contribution < -0.4 is 4.74 Å². The Kier molecular flexibility index (Phi) is 3.84. The molecule has 1 aromatic rings. The average Bonchev–Trinajstić information content (AvgIpc) is 2.37. The van der Waals surface area contributed by atoms with Gasteiger partial charge in [-0.2, -0.15) is 5.26 Å². The van der Waals surface area contributed by atoms with Gasteiger partial charge in [-0.1, -0.05) is 0 Å². The molecule has 1 aromatic carbocycles. The number of carbonyl (C=O) groups is 1. The zero-order valence-electron chi connectivity index (χ0n) is 10.4. The quantitative estimate of drug-likeness (QED) is 0.796. The third-order valence-corrected chi connectivity index (χ3v) is 2.92. The molecule has 0 aliphatic carbocycles. The summed E-state index contributed by atoms with van der Waals surface area (Å²) in [7, 11) is 0. The van der Waals surface area contributed by atoms with Crippen LogP contribution in [0.5, 0.6) is 5.75 Å². The van der Waals surface area contributed by atoms with Gasteiger partial charge in [-0.15, -0.1) is 0 Å². The Morgan fingerprint density at radius 3 is 2.80 bits per heavy atom. The summed E-state index contributed by atoms with van der Waals surface area (Å²) in [4.78, 5) is 12.6. The number of carbonyl (C=O) groups excluding carboxylic acids is 1. The van der Waals surface area contributed by atoms with Crippen LogP contribution in [0.1, 0.15) is 18.4 Å². The van der Waals surface area contributed by atoms with Crippen molar-refractivity contribution in [1.29, 1.82) is 5.26 Å². The lowest BCUT2D eigenvalue weighted by Crippen LogP contribution is -2.46. The molecular formula is C13H11F3N2O2. The first-order chi connectivity index (χ1) is 9.41. The van der Waals surface area contributed by atoms with Crippen LogP contribution in [0, 0.1) is 17.1 Å². The minimum absolute atomic E-state index is 0.125. The van der Waals surface area contributed by atoms with Crippen molar-refractivity contribution in [1.82, 2.24) is 4.90 Å². The second-order valence-corrected chi connectivity index (χ2v) is 4.50. The maximum Gasteiger partial charge on any atom is 0.415 e. The Balaban J connectivity index is 2.05. The van der Waals surface area contributed by atoms with Crippen molar-refractivity contribution in [3.63, 3.8) is 0 Å². The number of benzene rings is 1. The smallest absolute Gasteiger partial charge is 0.410 e. The highest BCUT2D eigenvalue weighted by Gasteiger charge is 2.37. The van der Waals surface area contributed by atoms with Gasteiger partial charge in [0.05, 0.1) is 12.1 Å². The van der Waals surface area contributed by atoms with Crippen LogP contribution in [0.25, 0.3) is 0 Å². The van der Waals surface area contributed by atoms with Gasteiger partial charge in [0, 0.05) is 19.0 Å². The van der Waals surface area contributed by atoms with Crippen LogP contribution in [0.15, 0.2) is 18.2 Å². The van der Waals surface area contributed by atoms with E-state index in [1.54, 1.807) is 6.07 Å². The summed E-state index contributed by atoms with van der Waals surface area (Å²) >= 11 is 0. The Hall–Kier alpha value is -2.23. The van der Waals surface area contributed by atoms with E-state index in [2.05, 4.69) is 0 Å². The van der Waals surface area contributed by atoms with E-state index in [1.807, 2.05) is 0 Å². The molecule has 0 N–H and O–H groups in total. The first-order valence-corrected chi connectivity index (χ1v) is 5.95. The molecule has 106 valence electrons. The van der Waals surface area contributed by atoms with Gasteiger partial charge >= 0.3 is 6.09 Å². The molecule has 4 nitrogen and oxygen atoms in total. The largest absolute Gasteiger partial charge is 0.415 e. The third-order valence-electron chi connectivity index (χ3n) is 2.92. The van der Waals surface area contributed by atoms with E-state index in [-0.39, 0.29) is 30.7 Å². The van der Waals surface area contributed by atoms with E-state index < -0.39 is 24.4 Å². The van der Waals surface area contributed by atoms with Crippen LogP contribution in [0.2, 0.25) is 0 Å². The molecule has 0 bridgehead atoms. The molecular weight excluding hydrogens is 273 g/mol. The molecule has 2 rings (SSSR count). The van der Waals surface area contributed by atoms with Gasteiger partial charge < -0.3 is 9.64 Å². The van der Waals surface area contributed by atoms with Gasteiger partial charge in [-0.05, 0) is 18.6 Å². The molecule has 7 heteroatoms. The van der Waals surface area contributed by atoms with Crippen molar-refractivity contribution < 1.29 is 22.7 Å². The number of nitriles is 1. The molecule has 1 heterocycles. The van der Waals surface area contributed by atoms with Crippen molar-refractivity contribution in [2.24, 2.45) is 0 Å². The lowest BCUT2D eigenvalue weighted by molar-refractivity contribution is -0.0565. The number of amides is 1. The molecule has 1 fully saturated rings. The molecule has 1 amide bonds. The number of hydrogen-bond acceptors (Lipinski definition) is 3. The van der Waals surface area contributed by atoms with Crippen molar-refractivity contribution in [2.45, 2.75) is 18.8 Å². The molecule has 0 unspecified atom stereocenters. The predicted molar refractivity (Wildman–Crippen MR) is 62.9 cm³/mol. The summed E-state index contributed by atoms with van der Waals surface area (Å²) in [6.07, 6.45) is -1.03. The topological polar surface area (TPSA) is 53.3 Å². The summed E-state index contributed by atoms with van der Waals surface area (Å²) < 4.78 is 44.5. The summed E-state index contributed by atoms with van der Waals surface area (Å²) in [5.74, 6) is -3.88. The Morgan fingerprint density at radius 1 is 1.45 bits per heavy atom. The normalized spacial score (nSPS) is 17.4. The summed E-state index contributed by atoms with van der Waals surface area (Å²) in [6, 6.07) is 4.89. The lowest BCUT2D eigenvalue weighted by atomic mass is 10.1. The monoisotopic (exact) mass is 284 g/mol. The minimum Gasteiger partial charge on any atom is -0.410 e. The highest BCUT2D eigenvalue weighted by molar-refractivity contribution is 5.71. The molecule has 0 radical (unpaired) electrons. The zero-order valence-corrected chi connectivity index (χ0v) is 10.4. The van der Waals surface area contributed by atoms with E-state index >= 15 is 0 Å². The molecule has 1 saturated heterocycles. The number of piperidine rings is 1. The van der Waals surface area contributed by atoms with Crippen molar-refractivity contribution >= 4 is 6.09 Å². The van der Waals surface area contributed by atoms with Crippen LogP contribution in [0.4, 0.5) is 18.0 Å². The standard InChI is InChI=1S/C13H11F3N2O2/c14-11-6-10(3-2-9(11)7-17)20-12(19)18-5-1-4-13(15,16)8-18/h2-3,6H,1,4-5,8H2. The van der Waals surface area contributed by atoms with Crippen LogP contribution in [-0.4, -0.2) is 30.0 Å². The van der Waals surface area contributed by atoms with Crippen molar-refractivity contribution in [3.8, 4) is 11.8 Å². The lowest BCUT2D eigenvalue weighted by Gasteiger charge is -2.31. The highest BCUT2D eigenvalue weighted by Crippen LogP contribution is 2.27. The summed E-state index contributed by atoms with van der Waals surface area (Å²) in [5.41, 5.74) is -0.186. The van der Waals surface area contributed by atoms with E-state index in [0.29, 0.717) is 0 Å². The molecule has 1 aliphatic rings. The second kappa shape index (κ2) is 5.41.